The molecular weight excluding hydrogens is 334 g/mol. The van der Waals surface area contributed by atoms with Crippen molar-refractivity contribution in [3.8, 4) is 0 Å². The summed E-state index contributed by atoms with van der Waals surface area (Å²) in [5.74, 6) is -0.0636. The van der Waals surface area contributed by atoms with Crippen LogP contribution in [0.25, 0.3) is 0 Å². The first-order valence-corrected chi connectivity index (χ1v) is 10.3. The minimum Gasteiger partial charge on any atom is -0.339 e. The van der Waals surface area contributed by atoms with E-state index in [0.29, 0.717) is 6.42 Å². The van der Waals surface area contributed by atoms with E-state index in [2.05, 4.69) is 4.72 Å². The standard InChI is InChI=1S/C15H23N3O3S2/c1-11-6-3-4-8-18(11)15(19)13-10-12(14-7-5-9-22-14)16-23(20,21)17(13)2/h5,7,9,11-13,16H,3-4,6,8,10H2,1-2H3. The van der Waals surface area contributed by atoms with Gasteiger partial charge in [0.15, 0.2) is 0 Å². The second kappa shape index (κ2) is 6.51. The van der Waals surface area contributed by atoms with Gasteiger partial charge in [-0.3, -0.25) is 4.79 Å². The van der Waals surface area contributed by atoms with Crippen molar-refractivity contribution < 1.29 is 13.2 Å². The number of nitrogens with one attached hydrogen (secondary N) is 1. The van der Waals surface area contributed by atoms with Gasteiger partial charge in [-0.15, -0.1) is 11.3 Å². The predicted octanol–water partition coefficient (Wildman–Crippen LogP) is 1.73. The highest BCUT2D eigenvalue weighted by atomic mass is 32.2. The number of hydrogen-bond donors (Lipinski definition) is 1. The molecule has 6 nitrogen and oxygen atoms in total. The Balaban J connectivity index is 1.85. The summed E-state index contributed by atoms with van der Waals surface area (Å²) in [4.78, 5) is 15.8. The average Bonchev–Trinajstić information content (AvgIpc) is 3.04. The zero-order chi connectivity index (χ0) is 16.6. The van der Waals surface area contributed by atoms with Crippen LogP contribution in [0.4, 0.5) is 0 Å². The van der Waals surface area contributed by atoms with Crippen molar-refractivity contribution >= 4 is 27.5 Å². The summed E-state index contributed by atoms with van der Waals surface area (Å²) in [6.07, 6.45) is 3.58. The lowest BCUT2D eigenvalue weighted by Gasteiger charge is -2.41. The monoisotopic (exact) mass is 357 g/mol. The first-order chi connectivity index (χ1) is 10.9. The summed E-state index contributed by atoms with van der Waals surface area (Å²) in [5, 5.41) is 1.92. The highest BCUT2D eigenvalue weighted by Crippen LogP contribution is 2.32. The van der Waals surface area contributed by atoms with Gasteiger partial charge in [0, 0.05) is 24.5 Å². The molecule has 3 rings (SSSR count). The summed E-state index contributed by atoms with van der Waals surface area (Å²) < 4.78 is 28.7. The van der Waals surface area contributed by atoms with E-state index in [0.717, 1.165) is 30.7 Å². The molecule has 1 amide bonds. The second-order valence-corrected chi connectivity index (χ2v) is 9.08. The summed E-state index contributed by atoms with van der Waals surface area (Å²) in [5.41, 5.74) is 0. The number of amides is 1. The van der Waals surface area contributed by atoms with E-state index in [1.807, 2.05) is 29.3 Å². The zero-order valence-corrected chi connectivity index (χ0v) is 15.1. The molecule has 23 heavy (non-hydrogen) atoms. The van der Waals surface area contributed by atoms with Crippen LogP contribution in [0.15, 0.2) is 17.5 Å². The molecule has 3 atom stereocenters. The van der Waals surface area contributed by atoms with E-state index >= 15 is 0 Å². The number of carbonyl (C=O) groups excluding carboxylic acids is 1. The molecule has 0 radical (unpaired) electrons. The molecule has 1 aromatic heterocycles. The number of likely N-dealkylation sites (tertiary alicyclic amines) is 1. The fraction of sp³-hybridized carbons (Fsp3) is 0.667. The lowest BCUT2D eigenvalue weighted by molar-refractivity contribution is -0.139. The van der Waals surface area contributed by atoms with Crippen LogP contribution in [-0.4, -0.2) is 49.2 Å². The molecular formula is C15H23N3O3S2. The molecule has 0 bridgehead atoms. The molecule has 0 spiro atoms. The molecule has 0 aromatic carbocycles. The Bertz CT molecular complexity index is 660. The van der Waals surface area contributed by atoms with E-state index in [1.165, 1.54) is 22.7 Å². The zero-order valence-electron chi connectivity index (χ0n) is 13.4. The molecule has 128 valence electrons. The molecule has 1 N–H and O–H groups in total. The van der Waals surface area contributed by atoms with Crippen LogP contribution < -0.4 is 4.72 Å². The van der Waals surface area contributed by atoms with Gasteiger partial charge in [0.05, 0.1) is 6.04 Å². The van der Waals surface area contributed by atoms with Gasteiger partial charge in [-0.2, -0.15) is 17.4 Å². The van der Waals surface area contributed by atoms with Crippen LogP contribution in [0, 0.1) is 0 Å². The normalized spacial score (nSPS) is 31.9. The van der Waals surface area contributed by atoms with Crippen molar-refractivity contribution in [2.45, 2.75) is 50.7 Å². The van der Waals surface area contributed by atoms with Crippen molar-refractivity contribution in [1.29, 1.82) is 0 Å². The third-order valence-corrected chi connectivity index (χ3v) is 7.41. The van der Waals surface area contributed by atoms with E-state index in [4.69, 9.17) is 0 Å². The number of nitrogens with zero attached hydrogens (tertiary/aromatic N) is 2. The van der Waals surface area contributed by atoms with E-state index in [1.54, 1.807) is 0 Å². The molecule has 1 aromatic rings. The van der Waals surface area contributed by atoms with Crippen LogP contribution >= 0.6 is 11.3 Å². The van der Waals surface area contributed by atoms with Gasteiger partial charge >= 0.3 is 0 Å². The van der Waals surface area contributed by atoms with E-state index in [9.17, 15) is 13.2 Å². The van der Waals surface area contributed by atoms with Gasteiger partial charge in [0.1, 0.15) is 6.04 Å². The number of likely N-dealkylation sites (N-methyl/N-ethyl adjacent to an activating group) is 1. The number of thiophene rings is 1. The number of piperidine rings is 1. The maximum atomic E-state index is 13.0. The molecule has 2 saturated heterocycles. The molecule has 2 aliphatic rings. The summed E-state index contributed by atoms with van der Waals surface area (Å²) in [6, 6.07) is 3.03. The smallest absolute Gasteiger partial charge is 0.280 e. The second-order valence-electron chi connectivity index (χ2n) is 6.34. The largest absolute Gasteiger partial charge is 0.339 e. The van der Waals surface area contributed by atoms with Crippen LogP contribution in [-0.2, 0) is 15.0 Å². The minimum atomic E-state index is -3.64. The Kier molecular flexibility index (Phi) is 4.78. The first kappa shape index (κ1) is 16.9. The molecule has 3 heterocycles. The highest BCUT2D eigenvalue weighted by Gasteiger charge is 2.43. The summed E-state index contributed by atoms with van der Waals surface area (Å²) in [7, 11) is -2.15. The van der Waals surface area contributed by atoms with Gasteiger partial charge in [-0.05, 0) is 44.1 Å². The van der Waals surface area contributed by atoms with Crippen LogP contribution in [0.2, 0.25) is 0 Å². The minimum absolute atomic E-state index is 0.0636. The van der Waals surface area contributed by atoms with E-state index < -0.39 is 16.3 Å². The third kappa shape index (κ3) is 3.31. The Hall–Kier alpha value is -0.960. The van der Waals surface area contributed by atoms with Gasteiger partial charge in [0.2, 0.25) is 5.91 Å². The fourth-order valence-electron chi connectivity index (χ4n) is 3.39. The van der Waals surface area contributed by atoms with Crippen molar-refractivity contribution in [2.75, 3.05) is 13.6 Å². The van der Waals surface area contributed by atoms with Crippen molar-refractivity contribution in [1.82, 2.24) is 13.9 Å². The topological polar surface area (TPSA) is 69.7 Å². The Labute approximate surface area is 141 Å². The number of rotatable bonds is 2. The first-order valence-electron chi connectivity index (χ1n) is 7.99. The SMILES string of the molecule is CC1CCCCN1C(=O)C1CC(c2cccs2)NS(=O)(=O)N1C. The Morgan fingerprint density at radius 3 is 2.83 bits per heavy atom. The van der Waals surface area contributed by atoms with Crippen LogP contribution in [0.3, 0.4) is 0 Å². The summed E-state index contributed by atoms with van der Waals surface area (Å²) >= 11 is 1.51. The van der Waals surface area contributed by atoms with E-state index in [-0.39, 0.29) is 18.0 Å². The molecule has 0 aliphatic carbocycles. The predicted molar refractivity (Wildman–Crippen MR) is 90.3 cm³/mol. The third-order valence-electron chi connectivity index (χ3n) is 4.83. The lowest BCUT2D eigenvalue weighted by Crippen LogP contribution is -2.59. The quantitative estimate of drug-likeness (QED) is 0.876. The van der Waals surface area contributed by atoms with Crippen molar-refractivity contribution in [3.63, 3.8) is 0 Å². The van der Waals surface area contributed by atoms with Gasteiger partial charge in [0.25, 0.3) is 10.2 Å². The maximum absolute atomic E-state index is 13.0. The highest BCUT2D eigenvalue weighted by molar-refractivity contribution is 7.87. The van der Waals surface area contributed by atoms with Gasteiger partial charge < -0.3 is 4.90 Å². The van der Waals surface area contributed by atoms with Crippen LogP contribution in [0.5, 0.6) is 0 Å². The average molecular weight is 358 g/mol. The number of carbonyl (C=O) groups is 1. The Morgan fingerprint density at radius 2 is 2.17 bits per heavy atom. The lowest BCUT2D eigenvalue weighted by atomic mass is 9.99. The molecule has 2 aliphatic heterocycles. The number of hydrogen-bond acceptors (Lipinski definition) is 4. The molecule has 8 heteroatoms. The van der Waals surface area contributed by atoms with Crippen molar-refractivity contribution in [3.05, 3.63) is 22.4 Å². The summed E-state index contributed by atoms with van der Waals surface area (Å²) in [6.45, 7) is 2.77. The Morgan fingerprint density at radius 1 is 1.39 bits per heavy atom. The molecule has 3 unspecified atom stereocenters. The van der Waals surface area contributed by atoms with Gasteiger partial charge in [-0.1, -0.05) is 6.07 Å². The maximum Gasteiger partial charge on any atom is 0.280 e. The van der Waals surface area contributed by atoms with Crippen LogP contribution in [0.1, 0.15) is 43.5 Å². The van der Waals surface area contributed by atoms with Gasteiger partial charge in [-0.25, -0.2) is 0 Å². The van der Waals surface area contributed by atoms with Crippen molar-refractivity contribution in [2.24, 2.45) is 0 Å². The fourth-order valence-corrected chi connectivity index (χ4v) is 5.51. The molecule has 2 fully saturated rings. The molecule has 0 saturated carbocycles.